The molecular weight excluding hydrogens is 196 g/mol. The summed E-state index contributed by atoms with van der Waals surface area (Å²) in [6, 6.07) is 0.312. The number of likely N-dealkylation sites (tertiary alicyclic amines) is 2. The number of nitrogens with zero attached hydrogens (tertiary/aromatic N) is 2. The van der Waals surface area contributed by atoms with Crippen molar-refractivity contribution in [2.45, 2.75) is 31.4 Å². The van der Waals surface area contributed by atoms with Gasteiger partial charge in [0, 0.05) is 32.2 Å². The maximum absolute atomic E-state index is 10.8. The second-order valence-corrected chi connectivity index (χ2v) is 4.46. The zero-order chi connectivity index (χ0) is 10.8. The predicted molar refractivity (Wildman–Crippen MR) is 54.8 cm³/mol. The van der Waals surface area contributed by atoms with E-state index in [1.807, 2.05) is 0 Å². The summed E-state index contributed by atoms with van der Waals surface area (Å²) in [6.07, 6.45) is 1.77. The van der Waals surface area contributed by atoms with Crippen molar-refractivity contribution in [2.75, 3.05) is 26.2 Å². The molecule has 2 N–H and O–H groups in total. The lowest BCUT2D eigenvalue weighted by Gasteiger charge is -2.36. The number of β-amino-alcohol motifs (C(OH)–C–C–N with tert-alkyl or cyclic N) is 1. The lowest BCUT2D eigenvalue weighted by atomic mass is 10.1. The number of piperidine rings is 1. The summed E-state index contributed by atoms with van der Waals surface area (Å²) in [7, 11) is 0. The fraction of sp³-hybridized carbons (Fsp3) is 0.900. The molecule has 0 aromatic carbocycles. The molecule has 2 aliphatic rings. The largest absolute Gasteiger partial charge is 0.465 e. The second kappa shape index (κ2) is 4.37. The zero-order valence-corrected chi connectivity index (χ0v) is 8.80. The lowest BCUT2D eigenvalue weighted by Crippen LogP contribution is -2.48. The zero-order valence-electron chi connectivity index (χ0n) is 8.80. The van der Waals surface area contributed by atoms with Gasteiger partial charge in [-0.05, 0) is 19.3 Å². The summed E-state index contributed by atoms with van der Waals surface area (Å²) in [5, 5.41) is 18.3. The number of aliphatic hydroxyl groups excluding tert-OH is 1. The molecule has 0 aliphatic carbocycles. The van der Waals surface area contributed by atoms with Gasteiger partial charge < -0.3 is 15.1 Å². The number of aliphatic hydroxyl groups is 1. The molecule has 0 aromatic rings. The highest BCUT2D eigenvalue weighted by Crippen LogP contribution is 2.20. The van der Waals surface area contributed by atoms with Gasteiger partial charge in [-0.25, -0.2) is 4.79 Å². The molecular formula is C10H18N2O3. The molecule has 0 radical (unpaired) electrons. The van der Waals surface area contributed by atoms with Crippen LogP contribution in [0.3, 0.4) is 0 Å². The normalized spacial score (nSPS) is 33.3. The van der Waals surface area contributed by atoms with Gasteiger partial charge in [0.05, 0.1) is 6.10 Å². The van der Waals surface area contributed by atoms with Crippen LogP contribution in [-0.2, 0) is 0 Å². The Balaban J connectivity index is 1.90. The van der Waals surface area contributed by atoms with Gasteiger partial charge in [0.1, 0.15) is 0 Å². The molecule has 0 aromatic heterocycles. The number of carboxylic acid groups (broad SMARTS) is 1. The van der Waals surface area contributed by atoms with Crippen LogP contribution < -0.4 is 0 Å². The summed E-state index contributed by atoms with van der Waals surface area (Å²) < 4.78 is 0. The van der Waals surface area contributed by atoms with Crippen LogP contribution in [0, 0.1) is 0 Å². The monoisotopic (exact) mass is 214 g/mol. The van der Waals surface area contributed by atoms with Gasteiger partial charge in [0.15, 0.2) is 0 Å². The third-order valence-electron chi connectivity index (χ3n) is 3.38. The van der Waals surface area contributed by atoms with E-state index in [0.717, 1.165) is 25.8 Å². The minimum Gasteiger partial charge on any atom is -0.465 e. The van der Waals surface area contributed by atoms with Crippen molar-refractivity contribution >= 4 is 6.09 Å². The van der Waals surface area contributed by atoms with E-state index in [0.29, 0.717) is 25.7 Å². The van der Waals surface area contributed by atoms with E-state index in [-0.39, 0.29) is 6.10 Å². The molecule has 1 unspecified atom stereocenters. The fourth-order valence-electron chi connectivity index (χ4n) is 2.53. The predicted octanol–water partition coefficient (Wildman–Crippen LogP) is 0.195. The van der Waals surface area contributed by atoms with Gasteiger partial charge in [-0.3, -0.25) is 4.90 Å². The molecule has 2 saturated heterocycles. The molecule has 5 heteroatoms. The van der Waals surface area contributed by atoms with Crippen LogP contribution in [0.2, 0.25) is 0 Å². The van der Waals surface area contributed by atoms with Gasteiger partial charge in [-0.2, -0.15) is 0 Å². The Morgan fingerprint density at radius 3 is 2.60 bits per heavy atom. The smallest absolute Gasteiger partial charge is 0.407 e. The molecule has 1 amide bonds. The fourth-order valence-corrected chi connectivity index (χ4v) is 2.53. The first-order valence-electron chi connectivity index (χ1n) is 5.57. The molecule has 2 aliphatic heterocycles. The third-order valence-corrected chi connectivity index (χ3v) is 3.38. The summed E-state index contributed by atoms with van der Waals surface area (Å²) in [5.74, 6) is 0. The standard InChI is InChI=1S/C10H18N2O3/c13-9-3-5-11(7-9)8-2-1-4-12(6-8)10(14)15/h8-9,13H,1-7H2,(H,14,15)/t8?,9-/m0/s1. The minimum absolute atomic E-state index is 0.217. The number of amides is 1. The SMILES string of the molecule is O=C(O)N1CCCC(N2CC[C@H](O)C2)C1. The maximum Gasteiger partial charge on any atom is 0.407 e. The Morgan fingerprint density at radius 1 is 1.20 bits per heavy atom. The highest BCUT2D eigenvalue weighted by Gasteiger charge is 2.31. The quantitative estimate of drug-likeness (QED) is 0.654. The van der Waals surface area contributed by atoms with Crippen molar-refractivity contribution in [3.63, 3.8) is 0 Å². The first kappa shape index (κ1) is 10.7. The molecule has 0 bridgehead atoms. The number of rotatable bonds is 1. The van der Waals surface area contributed by atoms with E-state index in [2.05, 4.69) is 4.90 Å². The van der Waals surface area contributed by atoms with Crippen LogP contribution in [0.15, 0.2) is 0 Å². The Morgan fingerprint density at radius 2 is 2.00 bits per heavy atom. The summed E-state index contributed by atoms with van der Waals surface area (Å²) >= 11 is 0. The molecule has 0 spiro atoms. The van der Waals surface area contributed by atoms with Crippen molar-refractivity contribution in [3.8, 4) is 0 Å². The average Bonchev–Trinajstić information content (AvgIpc) is 2.65. The first-order valence-corrected chi connectivity index (χ1v) is 5.57. The van der Waals surface area contributed by atoms with Gasteiger partial charge in [-0.1, -0.05) is 0 Å². The van der Waals surface area contributed by atoms with Crippen LogP contribution in [0.25, 0.3) is 0 Å². The molecule has 0 saturated carbocycles. The Labute approximate surface area is 89.3 Å². The van der Waals surface area contributed by atoms with Crippen molar-refractivity contribution in [3.05, 3.63) is 0 Å². The van der Waals surface area contributed by atoms with Crippen molar-refractivity contribution in [2.24, 2.45) is 0 Å². The van der Waals surface area contributed by atoms with E-state index in [9.17, 15) is 9.90 Å². The maximum atomic E-state index is 10.8. The van der Waals surface area contributed by atoms with Crippen LogP contribution >= 0.6 is 0 Å². The third kappa shape index (κ3) is 2.41. The molecule has 15 heavy (non-hydrogen) atoms. The molecule has 2 rings (SSSR count). The van der Waals surface area contributed by atoms with E-state index < -0.39 is 6.09 Å². The molecule has 2 fully saturated rings. The van der Waals surface area contributed by atoms with Crippen LogP contribution in [0.5, 0.6) is 0 Å². The molecule has 2 heterocycles. The Bertz CT molecular complexity index is 247. The molecule has 2 atom stereocenters. The minimum atomic E-state index is -0.820. The van der Waals surface area contributed by atoms with Crippen molar-refractivity contribution in [1.82, 2.24) is 9.80 Å². The van der Waals surface area contributed by atoms with Gasteiger partial charge in [0.25, 0.3) is 0 Å². The van der Waals surface area contributed by atoms with E-state index in [4.69, 9.17) is 5.11 Å². The van der Waals surface area contributed by atoms with Gasteiger partial charge in [0.2, 0.25) is 0 Å². The summed E-state index contributed by atoms with van der Waals surface area (Å²) in [5.41, 5.74) is 0. The summed E-state index contributed by atoms with van der Waals surface area (Å²) in [4.78, 5) is 14.5. The first-order chi connectivity index (χ1) is 7.16. The van der Waals surface area contributed by atoms with E-state index in [1.54, 1.807) is 0 Å². The Kier molecular flexibility index (Phi) is 3.11. The van der Waals surface area contributed by atoms with Crippen LogP contribution in [0.1, 0.15) is 19.3 Å². The van der Waals surface area contributed by atoms with E-state index >= 15 is 0 Å². The number of hydrogen-bond acceptors (Lipinski definition) is 3. The van der Waals surface area contributed by atoms with Crippen molar-refractivity contribution < 1.29 is 15.0 Å². The average molecular weight is 214 g/mol. The second-order valence-electron chi connectivity index (χ2n) is 4.46. The molecule has 86 valence electrons. The molecule has 5 nitrogen and oxygen atoms in total. The van der Waals surface area contributed by atoms with Crippen LogP contribution in [-0.4, -0.2) is 64.4 Å². The Hall–Kier alpha value is -0.810. The van der Waals surface area contributed by atoms with E-state index in [1.165, 1.54) is 4.90 Å². The number of carbonyl (C=O) groups is 1. The highest BCUT2D eigenvalue weighted by molar-refractivity contribution is 5.65. The van der Waals surface area contributed by atoms with Gasteiger partial charge in [-0.15, -0.1) is 0 Å². The topological polar surface area (TPSA) is 64.0 Å². The van der Waals surface area contributed by atoms with Crippen LogP contribution in [0.4, 0.5) is 4.79 Å². The lowest BCUT2D eigenvalue weighted by molar-refractivity contribution is 0.0885. The van der Waals surface area contributed by atoms with Crippen molar-refractivity contribution in [1.29, 1.82) is 0 Å². The van der Waals surface area contributed by atoms with Gasteiger partial charge >= 0.3 is 6.09 Å². The highest BCUT2D eigenvalue weighted by atomic mass is 16.4. The number of hydrogen-bond donors (Lipinski definition) is 2. The summed E-state index contributed by atoms with van der Waals surface area (Å²) in [6.45, 7) is 2.86.